The first kappa shape index (κ1) is 20.5. The highest BCUT2D eigenvalue weighted by Gasteiger charge is 2.16. The van der Waals surface area contributed by atoms with Gasteiger partial charge in [0.15, 0.2) is 0 Å². The van der Waals surface area contributed by atoms with Gasteiger partial charge in [-0.25, -0.2) is 9.37 Å². The number of nitrogens with one attached hydrogen (secondary N) is 1. The lowest BCUT2D eigenvalue weighted by atomic mass is 10.0. The Morgan fingerprint density at radius 1 is 1.16 bits per heavy atom. The quantitative estimate of drug-likeness (QED) is 0.485. The molecule has 1 N–H and O–H groups in total. The van der Waals surface area contributed by atoms with Gasteiger partial charge in [-0.2, -0.15) is 4.98 Å². The first-order valence-corrected chi connectivity index (χ1v) is 9.92. The maximum absolute atomic E-state index is 13.1. The Bertz CT molecular complexity index is 1210. The van der Waals surface area contributed by atoms with Gasteiger partial charge in [-0.05, 0) is 54.8 Å². The summed E-state index contributed by atoms with van der Waals surface area (Å²) < 4.78 is 20.1. The lowest BCUT2D eigenvalue weighted by molar-refractivity contribution is -0.116. The summed E-state index contributed by atoms with van der Waals surface area (Å²) in [6, 6.07) is 13.6. The van der Waals surface area contributed by atoms with Crippen LogP contribution in [-0.2, 0) is 11.3 Å². The van der Waals surface area contributed by atoms with Gasteiger partial charge in [-0.15, -0.1) is 0 Å². The molecular weight excluding hydrogens is 397 g/mol. The number of nitrogens with zero attached hydrogens (tertiary/aromatic N) is 4. The van der Waals surface area contributed by atoms with Crippen molar-refractivity contribution >= 4 is 11.6 Å². The molecule has 0 fully saturated rings. The molecule has 0 spiro atoms. The van der Waals surface area contributed by atoms with Crippen molar-refractivity contribution in [1.29, 1.82) is 0 Å². The number of carbonyl (C=O) groups is 1. The summed E-state index contributed by atoms with van der Waals surface area (Å²) in [6.07, 6.45) is 1.71. The second kappa shape index (κ2) is 8.51. The number of hydrogen-bond acceptors (Lipinski definition) is 5. The van der Waals surface area contributed by atoms with Crippen LogP contribution in [0.4, 0.5) is 10.1 Å². The van der Waals surface area contributed by atoms with E-state index in [1.807, 2.05) is 24.3 Å². The Hall–Kier alpha value is -3.81. The topological polar surface area (TPSA) is 85.8 Å². The molecule has 1 amide bonds. The van der Waals surface area contributed by atoms with E-state index < -0.39 is 0 Å². The zero-order valence-corrected chi connectivity index (χ0v) is 17.5. The van der Waals surface area contributed by atoms with Crippen molar-refractivity contribution in [2.45, 2.75) is 33.2 Å². The fourth-order valence-electron chi connectivity index (χ4n) is 3.14. The van der Waals surface area contributed by atoms with Gasteiger partial charge in [0.05, 0.1) is 0 Å². The van der Waals surface area contributed by atoms with E-state index in [2.05, 4.69) is 34.3 Å². The van der Waals surface area contributed by atoms with Crippen molar-refractivity contribution in [2.24, 2.45) is 0 Å². The van der Waals surface area contributed by atoms with E-state index in [1.165, 1.54) is 12.1 Å². The minimum Gasteiger partial charge on any atom is -0.334 e. The van der Waals surface area contributed by atoms with Crippen LogP contribution in [0.2, 0.25) is 0 Å². The van der Waals surface area contributed by atoms with Gasteiger partial charge in [0.1, 0.15) is 23.9 Å². The van der Waals surface area contributed by atoms with Crippen LogP contribution in [-0.4, -0.2) is 25.6 Å². The predicted octanol–water partition coefficient (Wildman–Crippen LogP) is 4.81. The molecule has 0 radical (unpaired) electrons. The minimum absolute atomic E-state index is 0.105. The van der Waals surface area contributed by atoms with Crippen LogP contribution in [0, 0.1) is 12.7 Å². The average molecular weight is 419 g/mol. The maximum Gasteiger partial charge on any atom is 0.258 e. The molecule has 31 heavy (non-hydrogen) atoms. The summed E-state index contributed by atoms with van der Waals surface area (Å²) in [5, 5.41) is 6.88. The standard InChI is InChI=1S/C23H22FN5O2/c1-14(2)17-5-4-6-19(11-17)26-21(30)13-29-12-20(25-15(29)3)22-27-23(31-28-22)16-7-9-18(24)10-8-16/h4-12,14H,13H2,1-3H3,(H,26,30). The van der Waals surface area contributed by atoms with Crippen LogP contribution in [0.15, 0.2) is 59.3 Å². The Kier molecular flexibility index (Phi) is 5.62. The number of benzene rings is 2. The van der Waals surface area contributed by atoms with E-state index in [0.29, 0.717) is 28.8 Å². The van der Waals surface area contributed by atoms with E-state index in [4.69, 9.17) is 4.52 Å². The fraction of sp³-hybridized carbons (Fsp3) is 0.217. The number of aryl methyl sites for hydroxylation is 1. The van der Waals surface area contributed by atoms with Gasteiger partial charge >= 0.3 is 0 Å². The number of anilines is 1. The third kappa shape index (κ3) is 4.69. The van der Waals surface area contributed by atoms with E-state index in [-0.39, 0.29) is 24.2 Å². The van der Waals surface area contributed by atoms with Crippen molar-refractivity contribution in [1.82, 2.24) is 19.7 Å². The number of rotatable bonds is 6. The van der Waals surface area contributed by atoms with Crippen LogP contribution in [0.1, 0.15) is 31.2 Å². The third-order valence-corrected chi connectivity index (χ3v) is 4.87. The second-order valence-electron chi connectivity index (χ2n) is 7.56. The molecule has 4 aromatic rings. The molecule has 158 valence electrons. The van der Waals surface area contributed by atoms with Gasteiger partial charge in [-0.1, -0.05) is 31.1 Å². The van der Waals surface area contributed by atoms with E-state index in [9.17, 15) is 9.18 Å². The van der Waals surface area contributed by atoms with Crippen LogP contribution in [0.3, 0.4) is 0 Å². The summed E-state index contributed by atoms with van der Waals surface area (Å²) in [5.74, 6) is 1.09. The summed E-state index contributed by atoms with van der Waals surface area (Å²) in [4.78, 5) is 21.3. The Morgan fingerprint density at radius 3 is 2.68 bits per heavy atom. The Balaban J connectivity index is 1.47. The van der Waals surface area contributed by atoms with Crippen LogP contribution >= 0.6 is 0 Å². The zero-order chi connectivity index (χ0) is 22.0. The number of amides is 1. The molecule has 0 unspecified atom stereocenters. The summed E-state index contributed by atoms with van der Waals surface area (Å²) in [6.45, 7) is 6.12. The molecular formula is C23H22FN5O2. The first-order chi connectivity index (χ1) is 14.9. The van der Waals surface area contributed by atoms with Gasteiger partial charge in [0.2, 0.25) is 11.7 Å². The largest absolute Gasteiger partial charge is 0.334 e. The van der Waals surface area contributed by atoms with Crippen LogP contribution in [0.5, 0.6) is 0 Å². The number of imidazole rings is 1. The van der Waals surface area contributed by atoms with Crippen molar-refractivity contribution in [3.63, 3.8) is 0 Å². The molecule has 2 aromatic carbocycles. The smallest absolute Gasteiger partial charge is 0.258 e. The van der Waals surface area contributed by atoms with Crippen molar-refractivity contribution in [2.75, 3.05) is 5.32 Å². The Morgan fingerprint density at radius 2 is 1.94 bits per heavy atom. The third-order valence-electron chi connectivity index (χ3n) is 4.87. The van der Waals surface area contributed by atoms with Crippen molar-refractivity contribution in [3.8, 4) is 23.0 Å². The van der Waals surface area contributed by atoms with E-state index in [0.717, 1.165) is 11.3 Å². The summed E-state index contributed by atoms with van der Waals surface area (Å²) >= 11 is 0. The number of halogens is 1. The molecule has 0 atom stereocenters. The summed E-state index contributed by atoms with van der Waals surface area (Å²) in [5.41, 5.74) is 3.02. The minimum atomic E-state index is -0.341. The normalized spacial score (nSPS) is 11.1. The summed E-state index contributed by atoms with van der Waals surface area (Å²) in [7, 11) is 0. The molecule has 0 saturated carbocycles. The van der Waals surface area contributed by atoms with Gasteiger partial charge in [-0.3, -0.25) is 4.79 Å². The molecule has 8 heteroatoms. The molecule has 0 saturated heterocycles. The zero-order valence-electron chi connectivity index (χ0n) is 17.5. The van der Waals surface area contributed by atoms with Crippen LogP contribution < -0.4 is 5.32 Å². The maximum atomic E-state index is 13.1. The lowest BCUT2D eigenvalue weighted by Crippen LogP contribution is -2.19. The molecule has 2 heterocycles. The SMILES string of the molecule is Cc1nc(-c2noc(-c3ccc(F)cc3)n2)cn1CC(=O)Nc1cccc(C(C)C)c1. The monoisotopic (exact) mass is 419 g/mol. The van der Waals surface area contributed by atoms with Crippen LogP contribution in [0.25, 0.3) is 23.0 Å². The molecule has 0 aliphatic carbocycles. The molecule has 0 bridgehead atoms. The highest BCUT2D eigenvalue weighted by Crippen LogP contribution is 2.22. The highest BCUT2D eigenvalue weighted by atomic mass is 19.1. The first-order valence-electron chi connectivity index (χ1n) is 9.92. The van der Waals surface area contributed by atoms with Crippen molar-refractivity contribution < 1.29 is 13.7 Å². The number of hydrogen-bond donors (Lipinski definition) is 1. The molecule has 2 aromatic heterocycles. The fourth-order valence-corrected chi connectivity index (χ4v) is 3.14. The highest BCUT2D eigenvalue weighted by molar-refractivity contribution is 5.90. The lowest BCUT2D eigenvalue weighted by Gasteiger charge is -2.10. The number of carbonyl (C=O) groups excluding carboxylic acids is 1. The molecule has 7 nitrogen and oxygen atoms in total. The van der Waals surface area contributed by atoms with Gasteiger partial charge < -0.3 is 14.4 Å². The van der Waals surface area contributed by atoms with E-state index in [1.54, 1.807) is 29.8 Å². The average Bonchev–Trinajstić information content (AvgIpc) is 3.36. The predicted molar refractivity (Wildman–Crippen MR) is 115 cm³/mol. The Labute approximate surface area is 178 Å². The molecule has 0 aliphatic heterocycles. The second-order valence-corrected chi connectivity index (χ2v) is 7.56. The van der Waals surface area contributed by atoms with Gasteiger partial charge in [0.25, 0.3) is 5.89 Å². The number of aromatic nitrogens is 4. The van der Waals surface area contributed by atoms with Gasteiger partial charge in [0, 0.05) is 17.4 Å². The molecule has 0 aliphatic rings. The van der Waals surface area contributed by atoms with E-state index >= 15 is 0 Å². The molecule has 4 rings (SSSR count). The van der Waals surface area contributed by atoms with Crippen molar-refractivity contribution in [3.05, 3.63) is 71.9 Å².